The molecule has 2 rings (SSSR count). The van der Waals surface area contributed by atoms with Crippen LogP contribution in [0.5, 0.6) is 0 Å². The highest BCUT2D eigenvalue weighted by molar-refractivity contribution is 5.47. The van der Waals surface area contributed by atoms with Crippen LogP contribution < -0.4 is 11.2 Å². The predicted octanol–water partition coefficient (Wildman–Crippen LogP) is -0.247. The van der Waals surface area contributed by atoms with Crippen LogP contribution in [0.25, 0.3) is 6.08 Å². The summed E-state index contributed by atoms with van der Waals surface area (Å²) in [7, 11) is 0. The first kappa shape index (κ1) is 16.5. The van der Waals surface area contributed by atoms with E-state index >= 15 is 0 Å². The van der Waals surface area contributed by atoms with E-state index in [1.165, 1.54) is 0 Å². The lowest BCUT2D eigenvalue weighted by atomic mass is 10.2. The summed E-state index contributed by atoms with van der Waals surface area (Å²) in [6.45, 7) is -0.476. The zero-order chi connectivity index (χ0) is 16.5. The van der Waals surface area contributed by atoms with Crippen molar-refractivity contribution in [1.29, 1.82) is 0 Å². The molecule has 1 aromatic rings. The monoisotopic (exact) mass is 322 g/mol. The van der Waals surface area contributed by atoms with Crippen molar-refractivity contribution < 1.29 is 28.1 Å². The maximum absolute atomic E-state index is 12.1. The van der Waals surface area contributed by atoms with Gasteiger partial charge in [0.1, 0.15) is 12.3 Å². The smallest absolute Gasteiger partial charge is 0.394 e. The van der Waals surface area contributed by atoms with Gasteiger partial charge in [-0.3, -0.25) is 14.3 Å². The number of nitrogens with zero attached hydrogens (tertiary/aromatic N) is 1. The standard InChI is InChI=1S/C12H13F3N2O5/c13-12(14,15)2-1-6-4-17(11(21)16-10(6)20)9-3-7(19)8(5-18)22-9/h1-2,4,7-9,18-19H,3,5H2,(H,16,20,21)/b2-1+/t7?,8-,9-/m0/s1. The third-order valence-electron chi connectivity index (χ3n) is 3.14. The number of aliphatic hydroxyl groups excluding tert-OH is 2. The van der Waals surface area contributed by atoms with Crippen LogP contribution in [-0.2, 0) is 4.74 Å². The molecule has 122 valence electrons. The summed E-state index contributed by atoms with van der Waals surface area (Å²) in [6.07, 6.45) is -6.25. The fraction of sp³-hybridized carbons (Fsp3) is 0.500. The Balaban J connectivity index is 2.36. The van der Waals surface area contributed by atoms with Gasteiger partial charge < -0.3 is 14.9 Å². The number of ether oxygens (including phenoxy) is 1. The first-order valence-corrected chi connectivity index (χ1v) is 6.27. The highest BCUT2D eigenvalue weighted by Crippen LogP contribution is 2.27. The Labute approximate surface area is 121 Å². The highest BCUT2D eigenvalue weighted by Gasteiger charge is 2.35. The van der Waals surface area contributed by atoms with Gasteiger partial charge in [-0.25, -0.2) is 4.79 Å². The van der Waals surface area contributed by atoms with E-state index in [0.29, 0.717) is 6.08 Å². The molecule has 1 aliphatic rings. The van der Waals surface area contributed by atoms with Crippen LogP contribution in [0.1, 0.15) is 18.2 Å². The Morgan fingerprint density at radius 3 is 2.68 bits per heavy atom. The Hall–Kier alpha value is -1.91. The van der Waals surface area contributed by atoms with E-state index in [1.807, 2.05) is 4.98 Å². The lowest BCUT2D eigenvalue weighted by Crippen LogP contribution is -2.33. The number of allylic oxidation sites excluding steroid dienone is 1. The van der Waals surface area contributed by atoms with Crippen LogP contribution in [0, 0.1) is 0 Å². The molecule has 0 spiro atoms. The Morgan fingerprint density at radius 1 is 1.45 bits per heavy atom. The minimum atomic E-state index is -4.60. The fourth-order valence-electron chi connectivity index (χ4n) is 2.07. The molecule has 22 heavy (non-hydrogen) atoms. The minimum absolute atomic E-state index is 0.0421. The second-order valence-corrected chi connectivity index (χ2v) is 4.74. The van der Waals surface area contributed by atoms with Gasteiger partial charge in [-0.2, -0.15) is 13.2 Å². The SMILES string of the molecule is O=c1[nH]c(=O)n([C@@H]2CC(O)[C@H](CO)O2)cc1/C=C/C(F)(F)F. The molecule has 1 saturated heterocycles. The molecule has 2 heterocycles. The Kier molecular flexibility index (Phi) is 4.54. The number of aromatic nitrogens is 2. The van der Waals surface area contributed by atoms with E-state index in [-0.39, 0.29) is 18.1 Å². The van der Waals surface area contributed by atoms with Crippen LogP contribution in [0.2, 0.25) is 0 Å². The highest BCUT2D eigenvalue weighted by atomic mass is 19.4. The molecule has 0 amide bonds. The van der Waals surface area contributed by atoms with Crippen molar-refractivity contribution in [3.05, 3.63) is 38.7 Å². The van der Waals surface area contributed by atoms with Gasteiger partial charge in [-0.1, -0.05) is 0 Å². The van der Waals surface area contributed by atoms with Crippen molar-refractivity contribution in [3.63, 3.8) is 0 Å². The van der Waals surface area contributed by atoms with Gasteiger partial charge in [0.15, 0.2) is 0 Å². The van der Waals surface area contributed by atoms with E-state index in [4.69, 9.17) is 9.84 Å². The second kappa shape index (κ2) is 6.07. The number of alkyl halides is 3. The molecule has 0 bridgehead atoms. The molecule has 3 N–H and O–H groups in total. The van der Waals surface area contributed by atoms with Crippen LogP contribution in [-0.4, -0.2) is 44.8 Å². The Morgan fingerprint density at radius 2 is 2.14 bits per heavy atom. The van der Waals surface area contributed by atoms with E-state index < -0.39 is 42.5 Å². The van der Waals surface area contributed by atoms with Gasteiger partial charge in [0.05, 0.1) is 18.3 Å². The molecule has 0 aliphatic carbocycles. The average molecular weight is 322 g/mol. The molecule has 10 heteroatoms. The molecule has 1 aromatic heterocycles. The van der Waals surface area contributed by atoms with Gasteiger partial charge >= 0.3 is 11.9 Å². The van der Waals surface area contributed by atoms with E-state index in [9.17, 15) is 27.9 Å². The van der Waals surface area contributed by atoms with Crippen molar-refractivity contribution in [2.24, 2.45) is 0 Å². The molecule has 1 fully saturated rings. The topological polar surface area (TPSA) is 105 Å². The average Bonchev–Trinajstić information content (AvgIpc) is 2.77. The zero-order valence-corrected chi connectivity index (χ0v) is 11.1. The molecular formula is C12H13F3N2O5. The number of hydrogen-bond donors (Lipinski definition) is 3. The van der Waals surface area contributed by atoms with Gasteiger partial charge in [0, 0.05) is 18.7 Å². The van der Waals surface area contributed by atoms with Crippen molar-refractivity contribution in [3.8, 4) is 0 Å². The van der Waals surface area contributed by atoms with Gasteiger partial charge in [0.2, 0.25) is 0 Å². The maximum atomic E-state index is 12.1. The number of halogens is 3. The van der Waals surface area contributed by atoms with E-state index in [0.717, 1.165) is 10.8 Å². The molecule has 0 radical (unpaired) electrons. The van der Waals surface area contributed by atoms with E-state index in [2.05, 4.69) is 0 Å². The van der Waals surface area contributed by atoms with Gasteiger partial charge in [-0.05, 0) is 6.08 Å². The van der Waals surface area contributed by atoms with Crippen molar-refractivity contribution in [2.75, 3.05) is 6.61 Å². The van der Waals surface area contributed by atoms with Crippen molar-refractivity contribution in [1.82, 2.24) is 9.55 Å². The maximum Gasteiger partial charge on any atom is 0.409 e. The first-order chi connectivity index (χ1) is 10.2. The lowest BCUT2D eigenvalue weighted by molar-refractivity contribution is -0.0790. The van der Waals surface area contributed by atoms with E-state index in [1.54, 1.807) is 0 Å². The number of nitrogens with one attached hydrogen (secondary N) is 1. The summed E-state index contributed by atoms with van der Waals surface area (Å²) in [4.78, 5) is 25.1. The second-order valence-electron chi connectivity index (χ2n) is 4.74. The number of aromatic amines is 1. The van der Waals surface area contributed by atoms with Gasteiger partial charge in [0.25, 0.3) is 5.56 Å². The summed E-state index contributed by atoms with van der Waals surface area (Å²) in [6, 6.07) is 0. The summed E-state index contributed by atoms with van der Waals surface area (Å²) in [5, 5.41) is 18.6. The quantitative estimate of drug-likeness (QED) is 0.712. The molecule has 1 unspecified atom stereocenters. The molecule has 7 nitrogen and oxygen atoms in total. The van der Waals surface area contributed by atoms with Crippen molar-refractivity contribution in [2.45, 2.75) is 31.0 Å². The molecule has 1 aliphatic heterocycles. The number of rotatable bonds is 3. The molecular weight excluding hydrogens is 309 g/mol. The molecule has 0 saturated carbocycles. The summed E-state index contributed by atoms with van der Waals surface area (Å²) >= 11 is 0. The van der Waals surface area contributed by atoms with Crippen LogP contribution >= 0.6 is 0 Å². The summed E-state index contributed by atoms with van der Waals surface area (Å²) < 4.78 is 42.5. The van der Waals surface area contributed by atoms with Crippen molar-refractivity contribution >= 4 is 6.08 Å². The van der Waals surface area contributed by atoms with Gasteiger partial charge in [-0.15, -0.1) is 0 Å². The summed E-state index contributed by atoms with van der Waals surface area (Å²) in [5.74, 6) is 0. The third kappa shape index (κ3) is 3.64. The third-order valence-corrected chi connectivity index (χ3v) is 3.14. The van der Waals surface area contributed by atoms with Crippen LogP contribution in [0.3, 0.4) is 0 Å². The minimum Gasteiger partial charge on any atom is -0.394 e. The number of aliphatic hydroxyl groups is 2. The largest absolute Gasteiger partial charge is 0.409 e. The number of hydrogen-bond acceptors (Lipinski definition) is 5. The Bertz CT molecular complexity index is 679. The molecule has 3 atom stereocenters. The molecule has 0 aromatic carbocycles. The first-order valence-electron chi connectivity index (χ1n) is 6.27. The number of H-pyrrole nitrogens is 1. The fourth-order valence-corrected chi connectivity index (χ4v) is 2.07. The summed E-state index contributed by atoms with van der Waals surface area (Å²) in [5.41, 5.74) is -2.24. The van der Waals surface area contributed by atoms with Crippen LogP contribution in [0.4, 0.5) is 13.2 Å². The van der Waals surface area contributed by atoms with Crippen LogP contribution in [0.15, 0.2) is 21.9 Å². The zero-order valence-electron chi connectivity index (χ0n) is 11.1. The predicted molar refractivity (Wildman–Crippen MR) is 68.0 cm³/mol. The normalized spacial score (nSPS) is 26.0. The lowest BCUT2D eigenvalue weighted by Gasteiger charge is -2.14.